The van der Waals surface area contributed by atoms with Crippen molar-refractivity contribution < 1.29 is 13.5 Å². The van der Waals surface area contributed by atoms with Crippen LogP contribution in [0.4, 0.5) is 25.8 Å². The summed E-state index contributed by atoms with van der Waals surface area (Å²) in [6, 6.07) is 7.18. The summed E-state index contributed by atoms with van der Waals surface area (Å²) in [5.74, 6) is -0.899. The second kappa shape index (κ2) is 6.76. The minimum atomic E-state index is -0.543. The molecule has 0 aliphatic heterocycles. The first-order valence-corrected chi connectivity index (χ1v) is 7.25. The number of rotatable bonds is 5. The van der Waals surface area contributed by atoms with Gasteiger partial charge in [0.2, 0.25) is 0 Å². The largest absolute Gasteiger partial charge is 0.490 e. The van der Waals surface area contributed by atoms with E-state index in [0.717, 1.165) is 12.5 Å². The molecule has 112 valence electrons. The third-order valence-electron chi connectivity index (χ3n) is 2.79. The van der Waals surface area contributed by atoms with Crippen molar-refractivity contribution in [1.82, 2.24) is 0 Å². The van der Waals surface area contributed by atoms with Crippen LogP contribution in [0.15, 0.2) is 34.8 Å². The Hall–Kier alpha value is -1.82. The second-order valence-corrected chi connectivity index (χ2v) is 5.29. The van der Waals surface area contributed by atoms with Crippen LogP contribution in [0.2, 0.25) is 0 Å². The van der Waals surface area contributed by atoms with Gasteiger partial charge in [-0.1, -0.05) is 13.0 Å². The summed E-state index contributed by atoms with van der Waals surface area (Å²) in [7, 11) is 0. The van der Waals surface area contributed by atoms with Gasteiger partial charge in [0.15, 0.2) is 11.6 Å². The lowest BCUT2D eigenvalue weighted by atomic mass is 10.2. The lowest BCUT2D eigenvalue weighted by Crippen LogP contribution is -2.03. The summed E-state index contributed by atoms with van der Waals surface area (Å²) in [5, 5.41) is 2.86. The molecule has 0 fully saturated rings. The van der Waals surface area contributed by atoms with Crippen LogP contribution in [0.25, 0.3) is 0 Å². The highest BCUT2D eigenvalue weighted by atomic mass is 79.9. The van der Waals surface area contributed by atoms with Crippen LogP contribution in [0.3, 0.4) is 0 Å². The van der Waals surface area contributed by atoms with E-state index in [9.17, 15) is 8.78 Å². The van der Waals surface area contributed by atoms with Gasteiger partial charge in [0.25, 0.3) is 0 Å². The molecule has 0 atom stereocenters. The van der Waals surface area contributed by atoms with Crippen molar-refractivity contribution in [2.75, 3.05) is 17.7 Å². The van der Waals surface area contributed by atoms with Crippen molar-refractivity contribution in [3.05, 3.63) is 46.4 Å². The predicted molar refractivity (Wildman–Crippen MR) is 84.0 cm³/mol. The molecule has 0 unspecified atom stereocenters. The van der Waals surface area contributed by atoms with Gasteiger partial charge in [0.1, 0.15) is 5.82 Å². The smallest absolute Gasteiger partial charge is 0.167 e. The molecule has 6 heteroatoms. The minimum Gasteiger partial charge on any atom is -0.490 e. The average molecular weight is 357 g/mol. The number of halogens is 3. The van der Waals surface area contributed by atoms with Gasteiger partial charge in [-0.05, 0) is 34.5 Å². The van der Waals surface area contributed by atoms with E-state index in [1.807, 2.05) is 6.92 Å². The van der Waals surface area contributed by atoms with Gasteiger partial charge in [-0.25, -0.2) is 8.78 Å². The van der Waals surface area contributed by atoms with E-state index < -0.39 is 11.6 Å². The molecular weight excluding hydrogens is 342 g/mol. The molecule has 3 N–H and O–H groups in total. The fraction of sp³-hybridized carbons (Fsp3) is 0.200. The Morgan fingerprint density at radius 2 is 2.00 bits per heavy atom. The van der Waals surface area contributed by atoms with Crippen LogP contribution in [-0.2, 0) is 0 Å². The van der Waals surface area contributed by atoms with E-state index in [4.69, 9.17) is 10.5 Å². The molecule has 0 bridgehead atoms. The number of para-hydroxylation sites is 1. The lowest BCUT2D eigenvalue weighted by molar-refractivity contribution is 0.301. The van der Waals surface area contributed by atoms with Crippen molar-refractivity contribution in [3.63, 3.8) is 0 Å². The van der Waals surface area contributed by atoms with Gasteiger partial charge in [0.05, 0.1) is 23.7 Å². The molecule has 0 spiro atoms. The SMILES string of the molecule is CCCOc1cc(Nc2c(F)cccc2Br)c(N)cc1F. The maximum Gasteiger partial charge on any atom is 0.167 e. The van der Waals surface area contributed by atoms with Crippen molar-refractivity contribution in [3.8, 4) is 5.75 Å². The number of hydrogen-bond acceptors (Lipinski definition) is 3. The highest BCUT2D eigenvalue weighted by Gasteiger charge is 2.12. The monoisotopic (exact) mass is 356 g/mol. The summed E-state index contributed by atoms with van der Waals surface area (Å²) >= 11 is 3.26. The topological polar surface area (TPSA) is 47.3 Å². The number of benzene rings is 2. The number of nitrogen functional groups attached to an aromatic ring is 1. The molecule has 0 heterocycles. The Bertz CT molecular complexity index is 630. The number of nitrogens with one attached hydrogen (secondary N) is 1. The Labute approximate surface area is 130 Å². The second-order valence-electron chi connectivity index (χ2n) is 4.44. The fourth-order valence-electron chi connectivity index (χ4n) is 1.75. The van der Waals surface area contributed by atoms with E-state index in [1.54, 1.807) is 12.1 Å². The number of nitrogens with two attached hydrogens (primary N) is 1. The van der Waals surface area contributed by atoms with Gasteiger partial charge in [-0.2, -0.15) is 0 Å². The molecular formula is C15H15BrF2N2O. The number of anilines is 3. The molecule has 21 heavy (non-hydrogen) atoms. The molecule has 0 radical (unpaired) electrons. The van der Waals surface area contributed by atoms with Crippen molar-refractivity contribution in [1.29, 1.82) is 0 Å². The number of hydrogen-bond donors (Lipinski definition) is 2. The van der Waals surface area contributed by atoms with Gasteiger partial charge in [-0.3, -0.25) is 0 Å². The van der Waals surface area contributed by atoms with Gasteiger partial charge < -0.3 is 15.8 Å². The van der Waals surface area contributed by atoms with E-state index in [1.165, 1.54) is 12.1 Å². The highest BCUT2D eigenvalue weighted by Crippen LogP contribution is 2.34. The third-order valence-corrected chi connectivity index (χ3v) is 3.45. The van der Waals surface area contributed by atoms with Crippen molar-refractivity contribution in [2.45, 2.75) is 13.3 Å². The summed E-state index contributed by atoms with van der Waals surface area (Å²) in [6.07, 6.45) is 0.755. The van der Waals surface area contributed by atoms with Crippen LogP contribution in [-0.4, -0.2) is 6.61 Å². The highest BCUT2D eigenvalue weighted by molar-refractivity contribution is 9.10. The maximum absolute atomic E-state index is 13.8. The summed E-state index contributed by atoms with van der Waals surface area (Å²) in [5.41, 5.74) is 6.56. The van der Waals surface area contributed by atoms with Crippen LogP contribution < -0.4 is 15.8 Å². The molecule has 0 saturated heterocycles. The van der Waals surface area contributed by atoms with E-state index in [2.05, 4.69) is 21.2 Å². The normalized spacial score (nSPS) is 10.5. The first kappa shape index (κ1) is 15.6. The number of ether oxygens (including phenoxy) is 1. The molecule has 0 aliphatic carbocycles. The molecule has 2 aromatic rings. The van der Waals surface area contributed by atoms with Crippen LogP contribution in [0.5, 0.6) is 5.75 Å². The Morgan fingerprint density at radius 3 is 2.67 bits per heavy atom. The summed E-state index contributed by atoms with van der Waals surface area (Å²) in [4.78, 5) is 0. The molecule has 0 saturated carbocycles. The van der Waals surface area contributed by atoms with Gasteiger partial charge >= 0.3 is 0 Å². The molecule has 2 aromatic carbocycles. The third kappa shape index (κ3) is 3.64. The zero-order valence-corrected chi connectivity index (χ0v) is 13.0. The quantitative estimate of drug-likeness (QED) is 0.753. The van der Waals surface area contributed by atoms with Crippen LogP contribution in [0, 0.1) is 11.6 Å². The predicted octanol–water partition coefficient (Wildman–Crippen LogP) is 4.84. The van der Waals surface area contributed by atoms with E-state index in [-0.39, 0.29) is 17.1 Å². The van der Waals surface area contributed by atoms with Crippen molar-refractivity contribution >= 4 is 33.0 Å². The minimum absolute atomic E-state index is 0.0843. The van der Waals surface area contributed by atoms with Crippen molar-refractivity contribution in [2.24, 2.45) is 0 Å². The molecule has 0 aromatic heterocycles. The van der Waals surface area contributed by atoms with Gasteiger partial charge in [0, 0.05) is 16.6 Å². The Morgan fingerprint density at radius 1 is 1.24 bits per heavy atom. The zero-order chi connectivity index (χ0) is 15.4. The van der Waals surface area contributed by atoms with Crippen LogP contribution >= 0.6 is 15.9 Å². The molecule has 3 nitrogen and oxygen atoms in total. The summed E-state index contributed by atoms with van der Waals surface area (Å²) < 4.78 is 33.4. The molecule has 2 rings (SSSR count). The van der Waals surface area contributed by atoms with E-state index in [0.29, 0.717) is 16.8 Å². The van der Waals surface area contributed by atoms with E-state index >= 15 is 0 Å². The Balaban J connectivity index is 2.35. The Kier molecular flexibility index (Phi) is 5.01. The maximum atomic E-state index is 13.8. The molecule has 0 aliphatic rings. The van der Waals surface area contributed by atoms with Crippen LogP contribution in [0.1, 0.15) is 13.3 Å². The summed E-state index contributed by atoms with van der Waals surface area (Å²) in [6.45, 7) is 2.31. The average Bonchev–Trinajstić information content (AvgIpc) is 2.44. The first-order chi connectivity index (χ1) is 10.0. The first-order valence-electron chi connectivity index (χ1n) is 6.45. The standard InChI is InChI=1S/C15H15BrF2N2O/c1-2-6-21-14-8-13(12(19)7-11(14)18)20-15-9(16)4-3-5-10(15)17/h3-5,7-8,20H,2,6,19H2,1H3. The molecule has 0 amide bonds. The van der Waals surface area contributed by atoms with Gasteiger partial charge in [-0.15, -0.1) is 0 Å². The zero-order valence-electron chi connectivity index (χ0n) is 11.4. The lowest BCUT2D eigenvalue weighted by Gasteiger charge is -2.14. The fourth-order valence-corrected chi connectivity index (χ4v) is 2.19.